The molecular weight excluding hydrogens is 649 g/mol. The van der Waals surface area contributed by atoms with Gasteiger partial charge < -0.3 is 0 Å². The third-order valence-electron chi connectivity index (χ3n) is 8.65. The first-order valence-electron chi connectivity index (χ1n) is 14.9. The molecule has 2 fully saturated rings. The van der Waals surface area contributed by atoms with Crippen molar-refractivity contribution in [3.63, 3.8) is 0 Å². The Bertz CT molecular complexity index is 1750. The van der Waals surface area contributed by atoms with E-state index in [0.29, 0.717) is 35.9 Å². The van der Waals surface area contributed by atoms with E-state index in [1.807, 2.05) is 11.6 Å². The van der Waals surface area contributed by atoms with Crippen molar-refractivity contribution in [3.8, 4) is 0 Å². The molecule has 1 aromatic carbocycles. The standard InChI is InChI=1S/C34H39IN7O/c1-6-28-32(38-31(7-2)37-27-12-11-25-20-39(5)21-26(25)18-27)42-23(3)10-13-29-24(4)40(30(36)19-35-29)22-34(15-16-34)14-8-9-17-41(42)33(28)43/h6,8-9,11-12,18,36H,1,4,7,14-17,19-22H2,2-3,5H3,(H,37,38)/q-1/b9-8-,29-23?,36-30?. The SMILES string of the molecule is C=Cc1c(N=C(CC)Nc2ccc3c(c2)CN(C)C3)n2n(c1=O)C/C=C\CC1(CC1)CN1C(=C)C(=C=C=C2C)[I-]CC1=N. The van der Waals surface area contributed by atoms with Gasteiger partial charge in [0.05, 0.1) is 0 Å². The summed E-state index contributed by atoms with van der Waals surface area (Å²) in [7, 11) is 2.13. The number of aliphatic imine (C=N–C) groups is 1. The first-order chi connectivity index (χ1) is 20.7. The molecule has 1 saturated carbocycles. The molecule has 1 aliphatic carbocycles. The minimum absolute atomic E-state index is 0.134. The molecule has 2 N–H and O–H groups in total. The van der Waals surface area contributed by atoms with Crippen LogP contribution in [0.25, 0.3) is 11.8 Å². The molecular formula is C34H39IN7O-. The molecule has 9 heteroatoms. The van der Waals surface area contributed by atoms with Crippen LogP contribution in [0.15, 0.2) is 74.0 Å². The van der Waals surface area contributed by atoms with Crippen molar-refractivity contribution in [3.05, 3.63) is 91.3 Å². The fraction of sp³-hybridized carbons (Fsp3) is 0.382. The Morgan fingerprint density at radius 3 is 2.77 bits per heavy atom. The van der Waals surface area contributed by atoms with Crippen LogP contribution in [0.4, 0.5) is 11.5 Å². The van der Waals surface area contributed by atoms with Crippen molar-refractivity contribution >= 4 is 34.9 Å². The van der Waals surface area contributed by atoms with E-state index in [1.165, 1.54) is 11.1 Å². The third-order valence-corrected chi connectivity index (χ3v) is 11.4. The summed E-state index contributed by atoms with van der Waals surface area (Å²) in [5.41, 5.74) is 12.5. The summed E-state index contributed by atoms with van der Waals surface area (Å²) in [6, 6.07) is 6.47. The van der Waals surface area contributed by atoms with E-state index in [-0.39, 0.29) is 11.0 Å². The Labute approximate surface area is 263 Å². The normalized spacial score (nSPS) is 20.9. The fourth-order valence-corrected chi connectivity index (χ4v) is 8.19. The molecule has 4 aliphatic rings. The van der Waals surface area contributed by atoms with Gasteiger partial charge in [-0.05, 0) is 12.6 Å². The zero-order valence-corrected chi connectivity index (χ0v) is 27.4. The van der Waals surface area contributed by atoms with Gasteiger partial charge in [0.1, 0.15) is 0 Å². The number of hydrogen-bond acceptors (Lipinski definition) is 4. The predicted molar refractivity (Wildman–Crippen MR) is 171 cm³/mol. The molecule has 224 valence electrons. The van der Waals surface area contributed by atoms with E-state index >= 15 is 0 Å². The van der Waals surface area contributed by atoms with Crippen LogP contribution in [-0.4, -0.2) is 48.9 Å². The van der Waals surface area contributed by atoms with Crippen molar-refractivity contribution < 1.29 is 21.2 Å². The number of halogens is 1. The van der Waals surface area contributed by atoms with Crippen LogP contribution in [0.1, 0.15) is 56.2 Å². The van der Waals surface area contributed by atoms with E-state index in [9.17, 15) is 4.79 Å². The summed E-state index contributed by atoms with van der Waals surface area (Å²) in [6.45, 7) is 15.5. The molecule has 1 saturated heterocycles. The second kappa shape index (κ2) is 11.8. The van der Waals surface area contributed by atoms with Crippen molar-refractivity contribution in [2.45, 2.75) is 59.2 Å². The maximum atomic E-state index is 13.8. The number of aromatic nitrogens is 2. The monoisotopic (exact) mass is 688 g/mol. The van der Waals surface area contributed by atoms with E-state index in [2.05, 4.69) is 84.1 Å². The summed E-state index contributed by atoms with van der Waals surface area (Å²) in [5.74, 6) is 1.96. The van der Waals surface area contributed by atoms with Crippen LogP contribution in [-0.2, 0) is 19.6 Å². The number of nitrogens with zero attached hydrogens (tertiary/aromatic N) is 5. The minimum atomic E-state index is -0.434. The number of fused-ring (bicyclic) bond motifs is 4. The van der Waals surface area contributed by atoms with E-state index in [4.69, 9.17) is 10.4 Å². The van der Waals surface area contributed by atoms with Crippen LogP contribution in [0.2, 0.25) is 0 Å². The number of allylic oxidation sites excluding steroid dienone is 4. The zero-order chi connectivity index (χ0) is 30.3. The quantitative estimate of drug-likeness (QED) is 0.129. The number of alkyl halides is 1. The third kappa shape index (κ3) is 5.83. The second-order valence-electron chi connectivity index (χ2n) is 11.9. The van der Waals surface area contributed by atoms with Crippen LogP contribution >= 0.6 is 0 Å². The summed E-state index contributed by atoms with van der Waals surface area (Å²) >= 11 is -0.434. The molecule has 8 nitrogen and oxygen atoms in total. The Morgan fingerprint density at radius 1 is 1.23 bits per heavy atom. The van der Waals surface area contributed by atoms with Gasteiger partial charge in [-0.25, -0.2) is 0 Å². The molecule has 1 spiro atoms. The van der Waals surface area contributed by atoms with Gasteiger partial charge in [0.25, 0.3) is 0 Å². The van der Waals surface area contributed by atoms with Crippen molar-refractivity contribution in [1.82, 2.24) is 19.2 Å². The van der Waals surface area contributed by atoms with Crippen molar-refractivity contribution in [2.75, 3.05) is 23.3 Å². The molecule has 4 heterocycles. The molecule has 2 aromatic rings. The average molecular weight is 689 g/mol. The Kier molecular flexibility index (Phi) is 8.09. The molecule has 1 aromatic heterocycles. The van der Waals surface area contributed by atoms with Crippen LogP contribution in [0, 0.1) is 10.8 Å². The number of rotatable bonds is 4. The summed E-state index contributed by atoms with van der Waals surface area (Å²) < 4.78 is 5.40. The number of amidine groups is 2. The van der Waals surface area contributed by atoms with Gasteiger partial charge in [-0.2, -0.15) is 0 Å². The Balaban J connectivity index is 1.47. The van der Waals surface area contributed by atoms with Gasteiger partial charge in [0.2, 0.25) is 0 Å². The van der Waals surface area contributed by atoms with E-state index in [1.54, 1.807) is 10.8 Å². The summed E-state index contributed by atoms with van der Waals surface area (Å²) in [5, 5.41) is 12.1. The predicted octanol–water partition coefficient (Wildman–Crippen LogP) is 2.92. The van der Waals surface area contributed by atoms with Gasteiger partial charge in [0, 0.05) is 13.1 Å². The number of benzene rings is 1. The first kappa shape index (κ1) is 29.5. The van der Waals surface area contributed by atoms with Crippen LogP contribution in [0.3, 0.4) is 0 Å². The molecule has 0 radical (unpaired) electrons. The number of hydrogen-bond donors (Lipinski definition) is 2. The topological polar surface area (TPSA) is 81.7 Å². The van der Waals surface area contributed by atoms with Gasteiger partial charge in [-0.15, -0.1) is 0 Å². The Hall–Kier alpha value is -3.62. The van der Waals surface area contributed by atoms with E-state index in [0.717, 1.165) is 64.1 Å². The molecule has 0 atom stereocenters. The van der Waals surface area contributed by atoms with Crippen molar-refractivity contribution in [2.24, 2.45) is 10.4 Å². The van der Waals surface area contributed by atoms with Gasteiger partial charge in [0.15, 0.2) is 0 Å². The zero-order valence-electron chi connectivity index (χ0n) is 25.3. The van der Waals surface area contributed by atoms with Gasteiger partial charge in [-0.1, -0.05) is 0 Å². The molecule has 6 rings (SSSR count). The molecule has 3 aliphatic heterocycles. The fourth-order valence-electron chi connectivity index (χ4n) is 5.98. The van der Waals surface area contributed by atoms with Crippen LogP contribution in [0.5, 0.6) is 0 Å². The van der Waals surface area contributed by atoms with Crippen molar-refractivity contribution in [1.29, 1.82) is 5.41 Å². The number of nitrogens with one attached hydrogen (secondary N) is 2. The van der Waals surface area contributed by atoms with Gasteiger partial charge in [-0.3, -0.25) is 4.90 Å². The number of anilines is 1. The maximum absolute atomic E-state index is 13.8. The molecule has 0 unspecified atom stereocenters. The summed E-state index contributed by atoms with van der Waals surface area (Å²) in [4.78, 5) is 23.2. The first-order valence-corrected chi connectivity index (χ1v) is 17.5. The average Bonchev–Trinajstić information content (AvgIpc) is 3.57. The summed E-state index contributed by atoms with van der Waals surface area (Å²) in [6.07, 6.45) is 9.73. The van der Waals surface area contributed by atoms with Gasteiger partial charge >= 0.3 is 234 Å². The Morgan fingerprint density at radius 2 is 2.02 bits per heavy atom. The van der Waals surface area contributed by atoms with Crippen LogP contribution < -0.4 is 32.1 Å². The molecule has 0 amide bonds. The second-order valence-corrected chi connectivity index (χ2v) is 14.5. The van der Waals surface area contributed by atoms with E-state index < -0.39 is 21.2 Å². The molecule has 2 bridgehead atoms. The molecule has 43 heavy (non-hydrogen) atoms.